The van der Waals surface area contributed by atoms with Gasteiger partial charge in [-0.15, -0.1) is 0 Å². The van der Waals surface area contributed by atoms with E-state index in [1.807, 2.05) is 0 Å². The molecule has 0 spiro atoms. The van der Waals surface area contributed by atoms with Gasteiger partial charge in [-0.2, -0.15) is 0 Å². The summed E-state index contributed by atoms with van der Waals surface area (Å²) in [5, 5.41) is 19.7. The fourth-order valence-electron chi connectivity index (χ4n) is 4.77. The molecule has 0 radical (unpaired) electrons. The Morgan fingerprint density at radius 3 is 1.60 bits per heavy atom. The van der Waals surface area contributed by atoms with Crippen LogP contribution in [0.5, 0.6) is 0 Å². The Morgan fingerprint density at radius 1 is 0.574 bits per heavy atom. The van der Waals surface area contributed by atoms with Crippen LogP contribution in [0.1, 0.15) is 122 Å². The molecule has 0 saturated heterocycles. The third-order valence-electron chi connectivity index (χ3n) is 7.46. The molecule has 0 fully saturated rings. The summed E-state index contributed by atoms with van der Waals surface area (Å²) in [5.41, 5.74) is 0. The highest BCUT2D eigenvalue weighted by Gasteiger charge is 2.20. The molecule has 0 aliphatic rings. The summed E-state index contributed by atoms with van der Waals surface area (Å²) < 4.78 is 10.5. The SMILES string of the molecule is CCCCCCCCCCCCCCCCCC(=O)N[C@@H](CCC(=O)NCCOCCOCC(=O)NCCNC(=O)CON)C(=O)O. The minimum absolute atomic E-state index is 0.00297. The van der Waals surface area contributed by atoms with Crippen molar-refractivity contribution in [2.24, 2.45) is 5.90 Å². The average Bonchev–Trinajstić information content (AvgIpc) is 3.04. The van der Waals surface area contributed by atoms with Gasteiger partial charge in [-0.25, -0.2) is 10.7 Å². The first-order valence-electron chi connectivity index (χ1n) is 17.6. The van der Waals surface area contributed by atoms with E-state index in [0.29, 0.717) is 0 Å². The molecule has 0 rings (SSSR count). The summed E-state index contributed by atoms with van der Waals surface area (Å²) in [6.45, 7) is 3.11. The summed E-state index contributed by atoms with van der Waals surface area (Å²) >= 11 is 0. The number of carboxylic acids is 1. The maximum Gasteiger partial charge on any atom is 0.326 e. The van der Waals surface area contributed by atoms with Gasteiger partial charge in [0.15, 0.2) is 0 Å². The number of hydrogen-bond donors (Lipinski definition) is 6. The maximum atomic E-state index is 12.2. The van der Waals surface area contributed by atoms with Gasteiger partial charge in [0.25, 0.3) is 0 Å². The molecule has 0 aliphatic carbocycles. The number of carboxylic acid groups (broad SMARTS) is 1. The van der Waals surface area contributed by atoms with Crippen molar-refractivity contribution in [3.63, 3.8) is 0 Å². The number of aliphatic carboxylic acids is 1. The molecule has 0 aromatic rings. The molecule has 14 nitrogen and oxygen atoms in total. The lowest BCUT2D eigenvalue weighted by molar-refractivity contribution is -0.142. The summed E-state index contributed by atoms with van der Waals surface area (Å²) in [7, 11) is 0. The monoisotopic (exact) mass is 673 g/mol. The lowest BCUT2D eigenvalue weighted by Gasteiger charge is -2.14. The highest BCUT2D eigenvalue weighted by Crippen LogP contribution is 2.13. The van der Waals surface area contributed by atoms with Gasteiger partial charge in [-0.3, -0.25) is 24.0 Å². The molecule has 0 saturated carbocycles. The van der Waals surface area contributed by atoms with E-state index in [1.54, 1.807) is 0 Å². The number of hydrogen-bond acceptors (Lipinski definition) is 9. The summed E-state index contributed by atoms with van der Waals surface area (Å²) in [5.74, 6) is 2.25. The first-order chi connectivity index (χ1) is 22.8. The van der Waals surface area contributed by atoms with Crippen molar-refractivity contribution in [2.45, 2.75) is 129 Å². The lowest BCUT2D eigenvalue weighted by Crippen LogP contribution is -2.41. The van der Waals surface area contributed by atoms with E-state index in [-0.39, 0.29) is 95.6 Å². The van der Waals surface area contributed by atoms with E-state index in [4.69, 9.17) is 15.4 Å². The normalized spacial score (nSPS) is 11.5. The summed E-state index contributed by atoms with van der Waals surface area (Å²) in [6.07, 6.45) is 18.8. The van der Waals surface area contributed by atoms with Crippen LogP contribution >= 0.6 is 0 Å². The standard InChI is InChI=1S/C33H63N5O9/c1-2-3-4-5-6-7-8-9-10-11-12-13-14-15-16-17-30(40)38-28(33(43)44)18-19-29(39)37-22-23-45-24-25-46-26-31(41)35-20-21-36-32(42)27-47-34/h28H,2-27,34H2,1H3,(H,35,41)(H,36,42)(H,37,39)(H,38,40)(H,43,44)/t28-/m0/s1. The van der Waals surface area contributed by atoms with E-state index in [9.17, 15) is 29.1 Å². The second-order valence-electron chi connectivity index (χ2n) is 11.7. The predicted octanol–water partition coefficient (Wildman–Crippen LogP) is 2.87. The fraction of sp³-hybridized carbons (Fsp3) is 0.848. The van der Waals surface area contributed by atoms with Crippen LogP contribution in [0.2, 0.25) is 0 Å². The van der Waals surface area contributed by atoms with Gasteiger partial charge in [0.05, 0.1) is 19.8 Å². The van der Waals surface area contributed by atoms with Crippen LogP contribution in [-0.2, 0) is 38.3 Å². The van der Waals surface area contributed by atoms with Crippen molar-refractivity contribution in [1.29, 1.82) is 0 Å². The first-order valence-corrected chi connectivity index (χ1v) is 17.6. The smallest absolute Gasteiger partial charge is 0.326 e. The van der Waals surface area contributed by atoms with Gasteiger partial charge in [0.1, 0.15) is 19.3 Å². The lowest BCUT2D eigenvalue weighted by atomic mass is 10.0. The quantitative estimate of drug-likeness (QED) is 0.0435. The number of rotatable bonds is 34. The molecular weight excluding hydrogens is 610 g/mol. The maximum absolute atomic E-state index is 12.2. The molecule has 0 heterocycles. The van der Waals surface area contributed by atoms with E-state index in [2.05, 4.69) is 33.0 Å². The van der Waals surface area contributed by atoms with E-state index in [0.717, 1.165) is 19.3 Å². The van der Waals surface area contributed by atoms with Crippen molar-refractivity contribution in [3.05, 3.63) is 0 Å². The van der Waals surface area contributed by atoms with Crippen LogP contribution in [0.15, 0.2) is 0 Å². The molecule has 0 bridgehead atoms. The Kier molecular flexibility index (Phi) is 31.1. The van der Waals surface area contributed by atoms with Crippen LogP contribution in [-0.4, -0.2) is 93.4 Å². The molecule has 274 valence electrons. The number of nitrogens with two attached hydrogens (primary N) is 1. The Hall–Kier alpha value is -2.81. The zero-order chi connectivity index (χ0) is 34.8. The van der Waals surface area contributed by atoms with Crippen molar-refractivity contribution >= 4 is 29.6 Å². The highest BCUT2D eigenvalue weighted by atomic mass is 16.6. The molecule has 1 atom stereocenters. The van der Waals surface area contributed by atoms with Crippen LogP contribution in [0.3, 0.4) is 0 Å². The molecule has 47 heavy (non-hydrogen) atoms. The number of amides is 4. The van der Waals surface area contributed by atoms with Gasteiger partial charge in [-0.1, -0.05) is 96.8 Å². The average molecular weight is 674 g/mol. The van der Waals surface area contributed by atoms with Crippen LogP contribution in [0, 0.1) is 0 Å². The number of ether oxygens (including phenoxy) is 2. The first kappa shape index (κ1) is 44.2. The van der Waals surface area contributed by atoms with Crippen LogP contribution < -0.4 is 27.2 Å². The van der Waals surface area contributed by atoms with Crippen molar-refractivity contribution < 1.29 is 43.4 Å². The topological polar surface area (TPSA) is 207 Å². The van der Waals surface area contributed by atoms with Gasteiger partial charge < -0.3 is 35.8 Å². The Bertz CT molecular complexity index is 832. The minimum atomic E-state index is -1.16. The number of nitrogens with one attached hydrogen (secondary N) is 4. The third-order valence-corrected chi connectivity index (χ3v) is 7.46. The third kappa shape index (κ3) is 31.6. The molecule has 0 aromatic carbocycles. The van der Waals surface area contributed by atoms with Crippen molar-refractivity contribution in [1.82, 2.24) is 21.3 Å². The Balaban J connectivity index is 3.70. The van der Waals surface area contributed by atoms with Crippen LogP contribution in [0.25, 0.3) is 0 Å². The molecule has 4 amide bonds. The Morgan fingerprint density at radius 2 is 1.06 bits per heavy atom. The van der Waals surface area contributed by atoms with Gasteiger partial charge >= 0.3 is 5.97 Å². The molecule has 0 unspecified atom stereocenters. The van der Waals surface area contributed by atoms with E-state index >= 15 is 0 Å². The number of unbranched alkanes of at least 4 members (excludes halogenated alkanes) is 14. The Labute approximate surface area is 281 Å². The summed E-state index contributed by atoms with van der Waals surface area (Å²) in [6, 6.07) is -1.11. The summed E-state index contributed by atoms with van der Waals surface area (Å²) in [4.78, 5) is 62.9. The molecule has 14 heteroatoms. The molecule has 0 aliphatic heterocycles. The van der Waals surface area contributed by atoms with E-state index in [1.165, 1.54) is 77.0 Å². The second kappa shape index (κ2) is 33.1. The molecular formula is C33H63N5O9. The predicted molar refractivity (Wildman–Crippen MR) is 179 cm³/mol. The minimum Gasteiger partial charge on any atom is -0.480 e. The highest BCUT2D eigenvalue weighted by molar-refractivity contribution is 5.84. The largest absolute Gasteiger partial charge is 0.480 e. The number of carbonyl (C=O) groups is 5. The molecule has 0 aromatic heterocycles. The number of carbonyl (C=O) groups excluding carboxylic acids is 4. The van der Waals surface area contributed by atoms with Crippen molar-refractivity contribution in [2.75, 3.05) is 52.7 Å². The van der Waals surface area contributed by atoms with Gasteiger partial charge in [0.2, 0.25) is 23.6 Å². The van der Waals surface area contributed by atoms with Gasteiger partial charge in [-0.05, 0) is 12.8 Å². The zero-order valence-electron chi connectivity index (χ0n) is 28.8. The van der Waals surface area contributed by atoms with Crippen molar-refractivity contribution in [3.8, 4) is 0 Å². The molecule has 7 N–H and O–H groups in total. The van der Waals surface area contributed by atoms with Crippen LogP contribution in [0.4, 0.5) is 0 Å². The second-order valence-corrected chi connectivity index (χ2v) is 11.7. The van der Waals surface area contributed by atoms with Gasteiger partial charge in [0, 0.05) is 32.5 Å². The van der Waals surface area contributed by atoms with E-state index < -0.39 is 12.0 Å². The zero-order valence-corrected chi connectivity index (χ0v) is 28.8. The fourth-order valence-corrected chi connectivity index (χ4v) is 4.77.